The SMILES string of the molecule is CCOC(=O)c1cnc(NC)c(CC)c1. The van der Waals surface area contributed by atoms with Crippen molar-refractivity contribution in [1.82, 2.24) is 4.98 Å². The highest BCUT2D eigenvalue weighted by atomic mass is 16.5. The lowest BCUT2D eigenvalue weighted by Gasteiger charge is -2.08. The van der Waals surface area contributed by atoms with Crippen molar-refractivity contribution in [3.05, 3.63) is 23.4 Å². The number of carbonyl (C=O) groups is 1. The average molecular weight is 208 g/mol. The fraction of sp³-hybridized carbons (Fsp3) is 0.455. The molecule has 0 radical (unpaired) electrons. The monoisotopic (exact) mass is 208 g/mol. The van der Waals surface area contributed by atoms with Crippen molar-refractivity contribution >= 4 is 11.8 Å². The van der Waals surface area contributed by atoms with Crippen molar-refractivity contribution < 1.29 is 9.53 Å². The van der Waals surface area contributed by atoms with Gasteiger partial charge in [-0.25, -0.2) is 9.78 Å². The van der Waals surface area contributed by atoms with Crippen LogP contribution in [0, 0.1) is 0 Å². The number of anilines is 1. The molecule has 0 spiro atoms. The maximum absolute atomic E-state index is 11.4. The lowest BCUT2D eigenvalue weighted by Crippen LogP contribution is -2.07. The fourth-order valence-corrected chi connectivity index (χ4v) is 1.33. The lowest BCUT2D eigenvalue weighted by molar-refractivity contribution is 0.0526. The van der Waals surface area contributed by atoms with Crippen LogP contribution in [0.5, 0.6) is 0 Å². The summed E-state index contributed by atoms with van der Waals surface area (Å²) in [5, 5.41) is 2.98. The minimum Gasteiger partial charge on any atom is -0.462 e. The maximum atomic E-state index is 11.4. The number of ether oxygens (including phenoxy) is 1. The molecular formula is C11H16N2O2. The summed E-state index contributed by atoms with van der Waals surface area (Å²) in [6.07, 6.45) is 2.36. The van der Waals surface area contributed by atoms with Crippen molar-refractivity contribution in [3.63, 3.8) is 0 Å². The highest BCUT2D eigenvalue weighted by Gasteiger charge is 2.09. The van der Waals surface area contributed by atoms with E-state index in [0.29, 0.717) is 12.2 Å². The summed E-state index contributed by atoms with van der Waals surface area (Å²) < 4.78 is 4.90. The molecule has 1 N–H and O–H groups in total. The van der Waals surface area contributed by atoms with Crippen LogP contribution in [-0.4, -0.2) is 24.6 Å². The van der Waals surface area contributed by atoms with Gasteiger partial charge in [-0.15, -0.1) is 0 Å². The van der Waals surface area contributed by atoms with Crippen molar-refractivity contribution in [1.29, 1.82) is 0 Å². The number of nitrogens with one attached hydrogen (secondary N) is 1. The summed E-state index contributed by atoms with van der Waals surface area (Å²) in [6.45, 7) is 4.19. The van der Waals surface area contributed by atoms with Crippen LogP contribution in [0.2, 0.25) is 0 Å². The highest BCUT2D eigenvalue weighted by Crippen LogP contribution is 2.14. The molecule has 0 unspecified atom stereocenters. The molecule has 0 bridgehead atoms. The summed E-state index contributed by atoms with van der Waals surface area (Å²) in [5.41, 5.74) is 1.52. The summed E-state index contributed by atoms with van der Waals surface area (Å²) >= 11 is 0. The summed E-state index contributed by atoms with van der Waals surface area (Å²) in [4.78, 5) is 15.6. The van der Waals surface area contributed by atoms with Crippen molar-refractivity contribution in [2.45, 2.75) is 20.3 Å². The number of rotatable bonds is 4. The van der Waals surface area contributed by atoms with Crippen LogP contribution in [0.3, 0.4) is 0 Å². The molecule has 0 aliphatic heterocycles. The molecule has 0 saturated heterocycles. The first-order valence-corrected chi connectivity index (χ1v) is 5.06. The molecule has 15 heavy (non-hydrogen) atoms. The zero-order valence-corrected chi connectivity index (χ0v) is 9.33. The predicted octanol–water partition coefficient (Wildman–Crippen LogP) is 1.86. The second-order valence-corrected chi connectivity index (χ2v) is 3.06. The predicted molar refractivity (Wildman–Crippen MR) is 59.1 cm³/mol. The first-order chi connectivity index (χ1) is 7.22. The van der Waals surface area contributed by atoms with E-state index in [-0.39, 0.29) is 5.97 Å². The number of carbonyl (C=O) groups excluding carboxylic acids is 1. The van der Waals surface area contributed by atoms with E-state index in [2.05, 4.69) is 10.3 Å². The first-order valence-electron chi connectivity index (χ1n) is 5.06. The molecular weight excluding hydrogens is 192 g/mol. The van der Waals surface area contributed by atoms with Gasteiger partial charge >= 0.3 is 5.97 Å². The van der Waals surface area contributed by atoms with Crippen LogP contribution in [0.4, 0.5) is 5.82 Å². The second-order valence-electron chi connectivity index (χ2n) is 3.06. The third-order valence-electron chi connectivity index (χ3n) is 2.10. The quantitative estimate of drug-likeness (QED) is 0.767. The molecule has 0 atom stereocenters. The molecule has 1 aromatic rings. The van der Waals surface area contributed by atoms with Crippen LogP contribution < -0.4 is 5.32 Å². The van der Waals surface area contributed by atoms with E-state index in [1.807, 2.05) is 20.0 Å². The Morgan fingerprint density at radius 3 is 2.80 bits per heavy atom. The fourth-order valence-electron chi connectivity index (χ4n) is 1.33. The molecule has 1 aromatic heterocycles. The number of aromatic nitrogens is 1. The zero-order valence-electron chi connectivity index (χ0n) is 9.33. The van der Waals surface area contributed by atoms with Gasteiger partial charge in [0.2, 0.25) is 0 Å². The zero-order chi connectivity index (χ0) is 11.3. The molecule has 4 heteroatoms. The Morgan fingerprint density at radius 1 is 1.53 bits per heavy atom. The van der Waals surface area contributed by atoms with E-state index in [1.165, 1.54) is 6.20 Å². The molecule has 82 valence electrons. The summed E-state index contributed by atoms with van der Waals surface area (Å²) in [5.74, 6) is 0.493. The van der Waals surface area contributed by atoms with Gasteiger partial charge in [0.25, 0.3) is 0 Å². The third kappa shape index (κ3) is 2.68. The number of nitrogens with zero attached hydrogens (tertiary/aromatic N) is 1. The van der Waals surface area contributed by atoms with E-state index >= 15 is 0 Å². The standard InChI is InChI=1S/C11H16N2O2/c1-4-8-6-9(11(14)15-5-2)7-13-10(8)12-3/h6-7H,4-5H2,1-3H3,(H,12,13). The average Bonchev–Trinajstić information content (AvgIpc) is 2.28. The molecule has 0 saturated carbocycles. The van der Waals surface area contributed by atoms with Crippen LogP contribution in [0.15, 0.2) is 12.3 Å². The van der Waals surface area contributed by atoms with Gasteiger partial charge in [-0.1, -0.05) is 6.92 Å². The van der Waals surface area contributed by atoms with Gasteiger partial charge in [-0.3, -0.25) is 0 Å². The number of hydrogen-bond donors (Lipinski definition) is 1. The normalized spacial score (nSPS) is 9.80. The van der Waals surface area contributed by atoms with E-state index in [1.54, 1.807) is 6.92 Å². The van der Waals surface area contributed by atoms with Crippen LogP contribution in [-0.2, 0) is 11.2 Å². The van der Waals surface area contributed by atoms with E-state index in [9.17, 15) is 4.79 Å². The van der Waals surface area contributed by atoms with E-state index in [4.69, 9.17) is 4.74 Å². The van der Waals surface area contributed by atoms with Crippen molar-refractivity contribution in [3.8, 4) is 0 Å². The van der Waals surface area contributed by atoms with Gasteiger partial charge in [-0.05, 0) is 25.0 Å². The Kier molecular flexibility index (Phi) is 4.09. The second kappa shape index (κ2) is 5.34. The van der Waals surface area contributed by atoms with Gasteiger partial charge in [0.05, 0.1) is 12.2 Å². The molecule has 0 fully saturated rings. The Balaban J connectivity index is 2.97. The summed E-state index contributed by atoms with van der Waals surface area (Å²) in [7, 11) is 1.81. The van der Waals surface area contributed by atoms with Gasteiger partial charge in [0.1, 0.15) is 5.82 Å². The number of hydrogen-bond acceptors (Lipinski definition) is 4. The van der Waals surface area contributed by atoms with Crippen LogP contribution >= 0.6 is 0 Å². The molecule has 0 aliphatic carbocycles. The van der Waals surface area contributed by atoms with Crippen LogP contribution in [0.25, 0.3) is 0 Å². The molecule has 1 rings (SSSR count). The van der Waals surface area contributed by atoms with E-state index < -0.39 is 0 Å². The molecule has 4 nitrogen and oxygen atoms in total. The molecule has 0 amide bonds. The Bertz CT molecular complexity index is 350. The maximum Gasteiger partial charge on any atom is 0.339 e. The van der Waals surface area contributed by atoms with Gasteiger partial charge < -0.3 is 10.1 Å². The van der Waals surface area contributed by atoms with Crippen molar-refractivity contribution in [2.24, 2.45) is 0 Å². The first kappa shape index (κ1) is 11.5. The smallest absolute Gasteiger partial charge is 0.339 e. The molecule has 1 heterocycles. The molecule has 0 aromatic carbocycles. The van der Waals surface area contributed by atoms with Gasteiger partial charge in [-0.2, -0.15) is 0 Å². The number of aryl methyl sites for hydroxylation is 1. The Labute approximate surface area is 89.7 Å². The van der Waals surface area contributed by atoms with Gasteiger partial charge in [0, 0.05) is 13.2 Å². The highest BCUT2D eigenvalue weighted by molar-refractivity contribution is 5.89. The molecule has 0 aliphatic rings. The Morgan fingerprint density at radius 2 is 2.27 bits per heavy atom. The third-order valence-corrected chi connectivity index (χ3v) is 2.10. The van der Waals surface area contributed by atoms with Gasteiger partial charge in [0.15, 0.2) is 0 Å². The minimum atomic E-state index is -0.317. The van der Waals surface area contributed by atoms with Crippen LogP contribution in [0.1, 0.15) is 29.8 Å². The largest absolute Gasteiger partial charge is 0.462 e. The number of esters is 1. The Hall–Kier alpha value is -1.58. The minimum absolute atomic E-state index is 0.317. The topological polar surface area (TPSA) is 51.2 Å². The summed E-state index contributed by atoms with van der Waals surface area (Å²) in [6, 6.07) is 1.82. The number of pyridine rings is 1. The van der Waals surface area contributed by atoms with E-state index in [0.717, 1.165) is 17.8 Å². The van der Waals surface area contributed by atoms with Crippen molar-refractivity contribution in [2.75, 3.05) is 19.0 Å². The lowest BCUT2D eigenvalue weighted by atomic mass is 10.1.